The van der Waals surface area contributed by atoms with Gasteiger partial charge in [-0.2, -0.15) is 0 Å². The third-order valence-corrected chi connectivity index (χ3v) is 4.79. The number of rotatable bonds is 4. The van der Waals surface area contributed by atoms with Gasteiger partial charge in [-0.1, -0.05) is 10.6 Å². The molecular formula is C18H15N5O2S. The van der Waals surface area contributed by atoms with Crippen LogP contribution in [0.25, 0.3) is 16.9 Å². The minimum absolute atomic E-state index is 0.261. The fourth-order valence-corrected chi connectivity index (χ4v) is 3.21. The maximum Gasteiger partial charge on any atom is 0.269 e. The van der Waals surface area contributed by atoms with Crippen LogP contribution in [0.1, 0.15) is 15.4 Å². The van der Waals surface area contributed by atoms with Crippen molar-refractivity contribution < 1.29 is 9.53 Å². The summed E-state index contributed by atoms with van der Waals surface area (Å²) in [4.78, 5) is 17.6. The maximum absolute atomic E-state index is 12.5. The van der Waals surface area contributed by atoms with Crippen molar-refractivity contribution in [3.05, 3.63) is 59.4 Å². The highest BCUT2D eigenvalue weighted by Gasteiger charge is 2.16. The van der Waals surface area contributed by atoms with Crippen LogP contribution < -0.4 is 10.1 Å². The van der Waals surface area contributed by atoms with Crippen LogP contribution in [0.5, 0.6) is 5.75 Å². The molecule has 130 valence electrons. The molecule has 0 aliphatic heterocycles. The summed E-state index contributed by atoms with van der Waals surface area (Å²) >= 11 is 1.06. The number of nitrogens with one attached hydrogen (secondary N) is 1. The van der Waals surface area contributed by atoms with Crippen molar-refractivity contribution in [2.24, 2.45) is 0 Å². The summed E-state index contributed by atoms with van der Waals surface area (Å²) in [6.07, 6.45) is 3.89. The number of fused-ring (bicyclic) bond motifs is 1. The van der Waals surface area contributed by atoms with Crippen LogP contribution in [0.2, 0.25) is 0 Å². The van der Waals surface area contributed by atoms with Crippen molar-refractivity contribution in [2.45, 2.75) is 6.92 Å². The van der Waals surface area contributed by atoms with Gasteiger partial charge in [-0.05, 0) is 48.8 Å². The predicted octanol–water partition coefficient (Wildman–Crippen LogP) is 3.42. The molecule has 0 fully saturated rings. The first-order chi connectivity index (χ1) is 12.7. The van der Waals surface area contributed by atoms with E-state index < -0.39 is 0 Å². The number of hydrogen-bond donors (Lipinski definition) is 1. The lowest BCUT2D eigenvalue weighted by Gasteiger charge is -2.11. The first-order valence-electron chi connectivity index (χ1n) is 7.88. The Balaban J connectivity index is 1.71. The van der Waals surface area contributed by atoms with E-state index in [1.165, 1.54) is 0 Å². The summed E-state index contributed by atoms with van der Waals surface area (Å²) in [5, 5.41) is 6.76. The monoisotopic (exact) mass is 365 g/mol. The number of nitrogens with zero attached hydrogens (tertiary/aromatic N) is 4. The van der Waals surface area contributed by atoms with Gasteiger partial charge in [-0.3, -0.25) is 4.79 Å². The highest BCUT2D eigenvalue weighted by molar-refractivity contribution is 7.08. The van der Waals surface area contributed by atoms with Gasteiger partial charge in [0.15, 0.2) is 0 Å². The number of imidazole rings is 1. The molecule has 0 aliphatic rings. The van der Waals surface area contributed by atoms with Gasteiger partial charge >= 0.3 is 0 Å². The summed E-state index contributed by atoms with van der Waals surface area (Å²) in [6.45, 7) is 1.75. The molecule has 0 saturated heterocycles. The molecule has 4 aromatic rings. The zero-order valence-electron chi connectivity index (χ0n) is 14.1. The van der Waals surface area contributed by atoms with E-state index in [2.05, 4.69) is 19.9 Å². The highest BCUT2D eigenvalue weighted by atomic mass is 32.1. The van der Waals surface area contributed by atoms with Crippen LogP contribution >= 0.6 is 11.5 Å². The second-order valence-electron chi connectivity index (χ2n) is 5.65. The van der Waals surface area contributed by atoms with E-state index in [1.54, 1.807) is 14.0 Å². The average molecular weight is 365 g/mol. The molecule has 4 rings (SSSR count). The van der Waals surface area contributed by atoms with Crippen molar-refractivity contribution >= 4 is 28.8 Å². The fourth-order valence-electron chi connectivity index (χ4n) is 2.66. The molecule has 0 bridgehead atoms. The largest absolute Gasteiger partial charge is 0.495 e. The Hall–Kier alpha value is -3.26. The van der Waals surface area contributed by atoms with Gasteiger partial charge in [-0.25, -0.2) is 4.98 Å². The number of pyridine rings is 1. The number of benzene rings is 1. The molecule has 1 N–H and O–H groups in total. The molecule has 0 saturated carbocycles. The standard InChI is InChI=1S/C18H15N5O2S/c1-11-17(26-22-21-11)18(24)20-13-9-12(6-7-15(13)25-2)14-10-23-8-4-3-5-16(23)19-14/h3-10H,1-2H3,(H,20,24). The molecule has 1 amide bonds. The number of methoxy groups -OCH3 is 1. The number of anilines is 1. The molecule has 3 aromatic heterocycles. The van der Waals surface area contributed by atoms with Gasteiger partial charge in [-0.15, -0.1) is 5.10 Å². The molecule has 0 unspecified atom stereocenters. The van der Waals surface area contributed by atoms with Crippen LogP contribution in [0.15, 0.2) is 48.8 Å². The summed E-state index contributed by atoms with van der Waals surface area (Å²) in [5.74, 6) is 0.309. The van der Waals surface area contributed by atoms with E-state index >= 15 is 0 Å². The van der Waals surface area contributed by atoms with Gasteiger partial charge in [0, 0.05) is 18.0 Å². The molecule has 26 heavy (non-hydrogen) atoms. The Bertz CT molecular complexity index is 1070. The number of aromatic nitrogens is 4. The van der Waals surface area contributed by atoms with Gasteiger partial charge in [0.25, 0.3) is 5.91 Å². The highest BCUT2D eigenvalue weighted by Crippen LogP contribution is 2.31. The molecule has 0 atom stereocenters. The van der Waals surface area contributed by atoms with Gasteiger partial charge < -0.3 is 14.5 Å². The van der Waals surface area contributed by atoms with Crippen LogP contribution in [0, 0.1) is 6.92 Å². The SMILES string of the molecule is COc1ccc(-c2cn3ccccc3n2)cc1NC(=O)c1snnc1C. The summed E-state index contributed by atoms with van der Waals surface area (Å²) in [6, 6.07) is 11.4. The second-order valence-corrected chi connectivity index (χ2v) is 6.40. The molecule has 3 heterocycles. The summed E-state index contributed by atoms with van der Waals surface area (Å²) < 4.78 is 11.1. The van der Waals surface area contributed by atoms with E-state index in [-0.39, 0.29) is 5.91 Å². The first-order valence-corrected chi connectivity index (χ1v) is 8.65. The Morgan fingerprint density at radius 3 is 2.88 bits per heavy atom. The molecule has 1 aromatic carbocycles. The van der Waals surface area contributed by atoms with Crippen molar-refractivity contribution in [1.29, 1.82) is 0 Å². The van der Waals surface area contributed by atoms with Crippen molar-refractivity contribution in [2.75, 3.05) is 12.4 Å². The van der Waals surface area contributed by atoms with Crippen LogP contribution in [0.4, 0.5) is 5.69 Å². The van der Waals surface area contributed by atoms with Gasteiger partial charge in [0.05, 0.1) is 24.2 Å². The van der Waals surface area contributed by atoms with Crippen molar-refractivity contribution in [3.63, 3.8) is 0 Å². The smallest absolute Gasteiger partial charge is 0.269 e. The maximum atomic E-state index is 12.5. The molecule has 7 nitrogen and oxygen atoms in total. The molecule has 0 radical (unpaired) electrons. The van der Waals surface area contributed by atoms with Crippen molar-refractivity contribution in [3.8, 4) is 17.0 Å². The third-order valence-electron chi connectivity index (χ3n) is 3.97. The fraction of sp³-hybridized carbons (Fsp3) is 0.111. The molecular weight excluding hydrogens is 350 g/mol. The number of aryl methyl sites for hydroxylation is 1. The average Bonchev–Trinajstić information content (AvgIpc) is 3.27. The van der Waals surface area contributed by atoms with Crippen LogP contribution in [0.3, 0.4) is 0 Å². The Morgan fingerprint density at radius 1 is 1.27 bits per heavy atom. The molecule has 0 spiro atoms. The minimum atomic E-state index is -0.261. The van der Waals surface area contributed by atoms with Gasteiger partial charge in [0.1, 0.15) is 16.3 Å². The van der Waals surface area contributed by atoms with E-state index in [0.717, 1.165) is 28.4 Å². The van der Waals surface area contributed by atoms with E-state index in [9.17, 15) is 4.79 Å². The number of carbonyl (C=O) groups excluding carboxylic acids is 1. The number of carbonyl (C=O) groups is 1. The predicted molar refractivity (Wildman–Crippen MR) is 99.8 cm³/mol. The lowest BCUT2D eigenvalue weighted by atomic mass is 10.1. The number of ether oxygens (including phenoxy) is 1. The normalized spacial score (nSPS) is 10.8. The van der Waals surface area contributed by atoms with Gasteiger partial charge in [0.2, 0.25) is 0 Å². The Morgan fingerprint density at radius 2 is 2.15 bits per heavy atom. The summed E-state index contributed by atoms with van der Waals surface area (Å²) in [7, 11) is 1.56. The Kier molecular flexibility index (Phi) is 4.10. The van der Waals surface area contributed by atoms with E-state index in [4.69, 9.17) is 4.74 Å². The van der Waals surface area contributed by atoms with E-state index in [1.807, 2.05) is 53.2 Å². The van der Waals surface area contributed by atoms with E-state index in [0.29, 0.717) is 22.0 Å². The summed E-state index contributed by atoms with van der Waals surface area (Å²) in [5.41, 5.74) is 3.71. The zero-order valence-corrected chi connectivity index (χ0v) is 14.9. The number of amides is 1. The number of hydrogen-bond acceptors (Lipinski definition) is 6. The zero-order chi connectivity index (χ0) is 18.1. The lowest BCUT2D eigenvalue weighted by molar-refractivity contribution is 0.102. The second kappa shape index (κ2) is 6.57. The van der Waals surface area contributed by atoms with Crippen molar-refractivity contribution in [1.82, 2.24) is 19.0 Å². The molecule has 0 aliphatic carbocycles. The molecule has 8 heteroatoms. The van der Waals surface area contributed by atoms with Crippen LogP contribution in [-0.4, -0.2) is 32.0 Å². The van der Waals surface area contributed by atoms with Crippen LogP contribution in [-0.2, 0) is 0 Å². The lowest BCUT2D eigenvalue weighted by Crippen LogP contribution is -2.12. The minimum Gasteiger partial charge on any atom is -0.495 e. The topological polar surface area (TPSA) is 81.4 Å². The Labute approximate surface area is 153 Å². The third kappa shape index (κ3) is 2.91. The quantitative estimate of drug-likeness (QED) is 0.599. The first kappa shape index (κ1) is 16.2.